The van der Waals surface area contributed by atoms with Crippen LogP contribution in [0.15, 0.2) is 34.5 Å². The molecule has 5 nitrogen and oxygen atoms in total. The van der Waals surface area contributed by atoms with E-state index in [1.807, 2.05) is 0 Å². The van der Waals surface area contributed by atoms with E-state index >= 15 is 0 Å². The summed E-state index contributed by atoms with van der Waals surface area (Å²) in [6.45, 7) is 0. The molecule has 0 aromatic heterocycles. The molecule has 0 fully saturated rings. The maximum absolute atomic E-state index is 10.4. The van der Waals surface area contributed by atoms with E-state index in [-0.39, 0.29) is 5.56 Å². The Morgan fingerprint density at radius 1 is 1.38 bits per heavy atom. The van der Waals surface area contributed by atoms with Crippen molar-refractivity contribution in [3.63, 3.8) is 0 Å². The largest absolute Gasteiger partial charge is 0.478 e. The average molecular weight is 175 g/mol. The number of carbonyl (C=O) groups is 1. The molecule has 0 heterocycles. The Balaban J connectivity index is 2.89. The van der Waals surface area contributed by atoms with Crippen LogP contribution in [0.5, 0.6) is 0 Å². The highest BCUT2D eigenvalue weighted by molar-refractivity contribution is 5.87. The summed E-state index contributed by atoms with van der Waals surface area (Å²) in [6.07, 6.45) is 1.50. The fraction of sp³-hybridized carbons (Fsp3) is 0. The minimum absolute atomic E-state index is 0.177. The normalized spacial score (nSPS) is 9.77. The predicted octanol–water partition coefficient (Wildman–Crippen LogP) is 1.95. The van der Waals surface area contributed by atoms with E-state index in [0.717, 1.165) is 0 Å². The number of rotatable bonds is 2. The number of azo groups is 1. The van der Waals surface area contributed by atoms with Crippen molar-refractivity contribution in [2.75, 3.05) is 0 Å². The van der Waals surface area contributed by atoms with Gasteiger partial charge in [-0.3, -0.25) is 0 Å². The smallest absolute Gasteiger partial charge is 0.335 e. The van der Waals surface area contributed by atoms with Gasteiger partial charge >= 0.3 is 5.97 Å². The first-order chi connectivity index (χ1) is 6.24. The molecule has 5 heteroatoms. The topological polar surface area (TPSA) is 85.8 Å². The lowest BCUT2D eigenvalue weighted by Gasteiger charge is -1.92. The van der Waals surface area contributed by atoms with E-state index in [1.165, 1.54) is 30.5 Å². The van der Waals surface area contributed by atoms with E-state index in [2.05, 4.69) is 10.2 Å². The summed E-state index contributed by atoms with van der Waals surface area (Å²) in [5.41, 5.74) is 0.627. The van der Waals surface area contributed by atoms with Crippen LogP contribution < -0.4 is 0 Å². The Kier molecular flexibility index (Phi) is 2.71. The molecule has 0 aliphatic heterocycles. The van der Waals surface area contributed by atoms with E-state index in [9.17, 15) is 4.79 Å². The summed E-state index contributed by atoms with van der Waals surface area (Å²) in [7, 11) is 0. The van der Waals surface area contributed by atoms with Crippen LogP contribution in [0, 0.1) is 11.5 Å². The fourth-order valence-electron chi connectivity index (χ4n) is 0.751. The van der Waals surface area contributed by atoms with Gasteiger partial charge in [-0.05, 0) is 24.3 Å². The lowest BCUT2D eigenvalue weighted by molar-refractivity contribution is 0.0697. The van der Waals surface area contributed by atoms with Crippen LogP contribution in [0.2, 0.25) is 0 Å². The van der Waals surface area contributed by atoms with Crippen molar-refractivity contribution in [3.8, 4) is 6.19 Å². The number of nitriles is 1. The zero-order valence-corrected chi connectivity index (χ0v) is 6.51. The minimum Gasteiger partial charge on any atom is -0.478 e. The van der Waals surface area contributed by atoms with Gasteiger partial charge in [0.15, 0.2) is 0 Å². The summed E-state index contributed by atoms with van der Waals surface area (Å²) in [5.74, 6) is -0.997. The average Bonchev–Trinajstić information content (AvgIpc) is 2.15. The molecule has 0 aliphatic carbocycles. The third kappa shape index (κ3) is 2.38. The standard InChI is InChI=1S/C8H5N3O2/c9-5-10-11-7-3-1-6(2-4-7)8(12)13/h1-4H,(H,12,13). The Bertz CT molecular complexity index is 375. The molecule has 0 amide bonds. The highest BCUT2D eigenvalue weighted by Crippen LogP contribution is 2.12. The summed E-state index contributed by atoms with van der Waals surface area (Å²) in [4.78, 5) is 10.4. The van der Waals surface area contributed by atoms with Crippen molar-refractivity contribution >= 4 is 11.7 Å². The Morgan fingerprint density at radius 2 is 2.00 bits per heavy atom. The number of benzene rings is 1. The molecule has 1 N–H and O–H groups in total. The summed E-state index contributed by atoms with van der Waals surface area (Å²) in [6, 6.07) is 5.75. The quantitative estimate of drug-likeness (QED) is 0.550. The summed E-state index contributed by atoms with van der Waals surface area (Å²) >= 11 is 0. The summed E-state index contributed by atoms with van der Waals surface area (Å²) in [5, 5.41) is 23.2. The van der Waals surface area contributed by atoms with Crippen LogP contribution in [-0.2, 0) is 0 Å². The Hall–Kier alpha value is -2.22. The minimum atomic E-state index is -0.997. The van der Waals surface area contributed by atoms with Gasteiger partial charge in [0.25, 0.3) is 0 Å². The molecule has 0 saturated carbocycles. The van der Waals surface area contributed by atoms with Gasteiger partial charge in [-0.2, -0.15) is 5.26 Å². The van der Waals surface area contributed by atoms with Crippen LogP contribution in [-0.4, -0.2) is 11.1 Å². The molecule has 0 spiro atoms. The van der Waals surface area contributed by atoms with Crippen LogP contribution in [0.1, 0.15) is 10.4 Å². The zero-order chi connectivity index (χ0) is 9.68. The Morgan fingerprint density at radius 3 is 2.46 bits per heavy atom. The van der Waals surface area contributed by atoms with E-state index in [4.69, 9.17) is 10.4 Å². The maximum atomic E-state index is 10.4. The zero-order valence-electron chi connectivity index (χ0n) is 6.51. The van der Waals surface area contributed by atoms with Gasteiger partial charge in [0, 0.05) is 0 Å². The molecule has 0 bridgehead atoms. The second kappa shape index (κ2) is 3.97. The number of hydrogen-bond donors (Lipinski definition) is 1. The third-order valence-corrected chi connectivity index (χ3v) is 1.32. The molecular weight excluding hydrogens is 170 g/mol. The van der Waals surface area contributed by atoms with Gasteiger partial charge in [-0.1, -0.05) is 5.11 Å². The van der Waals surface area contributed by atoms with E-state index < -0.39 is 5.97 Å². The summed E-state index contributed by atoms with van der Waals surface area (Å²) < 4.78 is 0. The van der Waals surface area contributed by atoms with Gasteiger partial charge < -0.3 is 5.11 Å². The first-order valence-corrected chi connectivity index (χ1v) is 3.37. The van der Waals surface area contributed by atoms with Gasteiger partial charge in [0.05, 0.1) is 11.3 Å². The molecule has 1 aromatic rings. The monoisotopic (exact) mass is 175 g/mol. The fourth-order valence-corrected chi connectivity index (χ4v) is 0.751. The molecule has 13 heavy (non-hydrogen) atoms. The van der Waals surface area contributed by atoms with Gasteiger partial charge in [-0.25, -0.2) is 4.79 Å². The van der Waals surface area contributed by atoms with Crippen molar-refractivity contribution in [2.24, 2.45) is 10.2 Å². The molecule has 0 radical (unpaired) electrons. The molecule has 0 saturated heterocycles. The van der Waals surface area contributed by atoms with Crippen LogP contribution in [0.3, 0.4) is 0 Å². The van der Waals surface area contributed by atoms with Crippen molar-refractivity contribution in [3.05, 3.63) is 29.8 Å². The lowest BCUT2D eigenvalue weighted by Crippen LogP contribution is -1.93. The highest BCUT2D eigenvalue weighted by Gasteiger charge is 2.00. The lowest BCUT2D eigenvalue weighted by atomic mass is 10.2. The first kappa shape index (κ1) is 8.87. The van der Waals surface area contributed by atoms with E-state index in [1.54, 1.807) is 0 Å². The van der Waals surface area contributed by atoms with Crippen LogP contribution >= 0.6 is 0 Å². The Labute approximate surface area is 74.0 Å². The van der Waals surface area contributed by atoms with Gasteiger partial charge in [0.1, 0.15) is 0 Å². The second-order valence-corrected chi connectivity index (χ2v) is 2.15. The second-order valence-electron chi connectivity index (χ2n) is 2.15. The number of nitrogens with zero attached hydrogens (tertiary/aromatic N) is 3. The SMILES string of the molecule is N#CN=Nc1ccc(C(=O)O)cc1. The van der Waals surface area contributed by atoms with Crippen molar-refractivity contribution < 1.29 is 9.90 Å². The number of aromatic carboxylic acids is 1. The molecular formula is C8H5N3O2. The van der Waals surface area contributed by atoms with Crippen molar-refractivity contribution in [1.82, 2.24) is 0 Å². The van der Waals surface area contributed by atoms with Crippen LogP contribution in [0.25, 0.3) is 0 Å². The molecule has 64 valence electrons. The van der Waals surface area contributed by atoms with E-state index in [0.29, 0.717) is 5.69 Å². The number of carboxylic acids is 1. The van der Waals surface area contributed by atoms with Crippen molar-refractivity contribution in [1.29, 1.82) is 5.26 Å². The molecule has 1 aromatic carbocycles. The molecule has 0 aliphatic rings. The molecule has 0 atom stereocenters. The predicted molar refractivity (Wildman–Crippen MR) is 43.5 cm³/mol. The third-order valence-electron chi connectivity index (χ3n) is 1.32. The first-order valence-electron chi connectivity index (χ1n) is 3.37. The highest BCUT2D eigenvalue weighted by atomic mass is 16.4. The molecule has 0 unspecified atom stereocenters. The number of carboxylic acid groups (broad SMARTS) is 1. The number of hydrogen-bond acceptors (Lipinski definition) is 4. The van der Waals surface area contributed by atoms with Gasteiger partial charge in [-0.15, -0.1) is 5.11 Å². The van der Waals surface area contributed by atoms with Crippen molar-refractivity contribution in [2.45, 2.75) is 0 Å². The molecule has 1 rings (SSSR count). The van der Waals surface area contributed by atoms with Crippen LogP contribution in [0.4, 0.5) is 5.69 Å². The maximum Gasteiger partial charge on any atom is 0.335 e. The van der Waals surface area contributed by atoms with Gasteiger partial charge in [0.2, 0.25) is 6.19 Å².